The van der Waals surface area contributed by atoms with Crippen molar-refractivity contribution in [1.29, 1.82) is 0 Å². The van der Waals surface area contributed by atoms with Crippen LogP contribution >= 0.6 is 11.6 Å². The van der Waals surface area contributed by atoms with E-state index < -0.39 is 0 Å². The van der Waals surface area contributed by atoms with E-state index in [1.165, 1.54) is 0 Å². The van der Waals surface area contributed by atoms with Crippen molar-refractivity contribution in [1.82, 2.24) is 15.0 Å². The molecule has 5 nitrogen and oxygen atoms in total. The Hall–Kier alpha value is -2.50. The Balaban J connectivity index is 1.46. The molecule has 0 aliphatic carbocycles. The van der Waals surface area contributed by atoms with E-state index in [9.17, 15) is 0 Å². The maximum absolute atomic E-state index is 5.85. The number of benzene rings is 1. The van der Waals surface area contributed by atoms with Crippen LogP contribution in [0.4, 0.5) is 5.95 Å². The number of nitrogens with zero attached hydrogens (tertiary/aromatic N) is 3. The third-order valence-electron chi connectivity index (χ3n) is 3.32. The number of hydrogen-bond donors (Lipinski definition) is 1. The first-order valence-electron chi connectivity index (χ1n) is 7.61. The summed E-state index contributed by atoms with van der Waals surface area (Å²) in [5.74, 6) is 0.575. The van der Waals surface area contributed by atoms with Crippen molar-refractivity contribution in [2.24, 2.45) is 0 Å². The predicted molar refractivity (Wildman–Crippen MR) is 94.9 cm³/mol. The fraction of sp³-hybridized carbons (Fsp3) is 0.167. The SMILES string of the molecule is Clc1ccc(COCCNc2nccc(-c3cccnc3)n2)cc1. The molecule has 2 aromatic heterocycles. The van der Waals surface area contributed by atoms with Gasteiger partial charge in [-0.25, -0.2) is 9.97 Å². The summed E-state index contributed by atoms with van der Waals surface area (Å²) in [4.78, 5) is 12.8. The van der Waals surface area contributed by atoms with Crippen molar-refractivity contribution < 1.29 is 4.74 Å². The number of rotatable bonds is 7. The first kappa shape index (κ1) is 16.4. The van der Waals surface area contributed by atoms with Crippen molar-refractivity contribution >= 4 is 17.5 Å². The number of halogens is 1. The summed E-state index contributed by atoms with van der Waals surface area (Å²) >= 11 is 5.85. The second-order valence-corrected chi connectivity index (χ2v) is 5.55. The molecule has 122 valence electrons. The minimum absolute atomic E-state index is 0.551. The molecule has 0 aliphatic rings. The quantitative estimate of drug-likeness (QED) is 0.662. The molecule has 0 aliphatic heterocycles. The number of anilines is 1. The topological polar surface area (TPSA) is 59.9 Å². The summed E-state index contributed by atoms with van der Waals surface area (Å²) in [6, 6.07) is 13.3. The normalized spacial score (nSPS) is 10.5. The Morgan fingerprint density at radius 3 is 2.71 bits per heavy atom. The van der Waals surface area contributed by atoms with Gasteiger partial charge in [0.2, 0.25) is 5.95 Å². The van der Waals surface area contributed by atoms with E-state index >= 15 is 0 Å². The van der Waals surface area contributed by atoms with Gasteiger partial charge in [-0.15, -0.1) is 0 Å². The highest BCUT2D eigenvalue weighted by atomic mass is 35.5. The van der Waals surface area contributed by atoms with Crippen molar-refractivity contribution in [2.45, 2.75) is 6.61 Å². The molecule has 0 spiro atoms. The Labute approximate surface area is 145 Å². The fourth-order valence-electron chi connectivity index (χ4n) is 2.12. The largest absolute Gasteiger partial charge is 0.375 e. The molecule has 0 saturated carbocycles. The van der Waals surface area contributed by atoms with Crippen LogP contribution < -0.4 is 5.32 Å². The van der Waals surface area contributed by atoms with Gasteiger partial charge in [0.1, 0.15) is 0 Å². The van der Waals surface area contributed by atoms with Gasteiger partial charge in [-0.1, -0.05) is 23.7 Å². The van der Waals surface area contributed by atoms with Crippen LogP contribution in [0.1, 0.15) is 5.56 Å². The van der Waals surface area contributed by atoms with Gasteiger partial charge in [0.15, 0.2) is 0 Å². The average molecular weight is 341 g/mol. The number of hydrogen-bond acceptors (Lipinski definition) is 5. The summed E-state index contributed by atoms with van der Waals surface area (Å²) in [6.07, 6.45) is 5.25. The molecule has 1 N–H and O–H groups in total. The molecule has 0 atom stereocenters. The van der Waals surface area contributed by atoms with E-state index in [0.29, 0.717) is 25.7 Å². The maximum Gasteiger partial charge on any atom is 0.223 e. The molecule has 2 heterocycles. The van der Waals surface area contributed by atoms with Crippen molar-refractivity contribution in [2.75, 3.05) is 18.5 Å². The van der Waals surface area contributed by atoms with Crippen LogP contribution in [0.25, 0.3) is 11.3 Å². The third-order valence-corrected chi connectivity index (χ3v) is 3.58. The Kier molecular flexibility index (Phi) is 5.71. The first-order valence-corrected chi connectivity index (χ1v) is 7.98. The fourth-order valence-corrected chi connectivity index (χ4v) is 2.25. The van der Waals surface area contributed by atoms with E-state index in [-0.39, 0.29) is 0 Å². The van der Waals surface area contributed by atoms with Crippen LogP contribution in [0, 0.1) is 0 Å². The lowest BCUT2D eigenvalue weighted by atomic mass is 10.2. The van der Waals surface area contributed by atoms with Crippen LogP contribution in [-0.2, 0) is 11.3 Å². The Morgan fingerprint density at radius 1 is 1.04 bits per heavy atom. The second-order valence-electron chi connectivity index (χ2n) is 5.11. The van der Waals surface area contributed by atoms with Gasteiger partial charge < -0.3 is 10.1 Å². The van der Waals surface area contributed by atoms with Gasteiger partial charge in [-0.05, 0) is 35.9 Å². The highest BCUT2D eigenvalue weighted by Gasteiger charge is 2.02. The lowest BCUT2D eigenvalue weighted by Crippen LogP contribution is -2.11. The van der Waals surface area contributed by atoms with E-state index in [4.69, 9.17) is 16.3 Å². The van der Waals surface area contributed by atoms with Gasteiger partial charge in [-0.3, -0.25) is 4.98 Å². The molecule has 6 heteroatoms. The minimum atomic E-state index is 0.551. The molecule has 0 radical (unpaired) electrons. The second kappa shape index (κ2) is 8.38. The molecule has 1 aromatic carbocycles. The van der Waals surface area contributed by atoms with E-state index in [1.807, 2.05) is 42.5 Å². The highest BCUT2D eigenvalue weighted by Crippen LogP contribution is 2.15. The monoisotopic (exact) mass is 340 g/mol. The molecule has 0 fully saturated rings. The average Bonchev–Trinajstić information content (AvgIpc) is 2.64. The van der Waals surface area contributed by atoms with Crippen LogP contribution in [0.2, 0.25) is 5.02 Å². The third kappa shape index (κ3) is 4.75. The first-order chi connectivity index (χ1) is 11.8. The van der Waals surface area contributed by atoms with E-state index in [0.717, 1.165) is 21.8 Å². The number of pyridine rings is 1. The highest BCUT2D eigenvalue weighted by molar-refractivity contribution is 6.30. The van der Waals surface area contributed by atoms with E-state index in [2.05, 4.69) is 20.3 Å². The lowest BCUT2D eigenvalue weighted by Gasteiger charge is -2.07. The Morgan fingerprint density at radius 2 is 1.92 bits per heavy atom. The molecular weight excluding hydrogens is 324 g/mol. The molecule has 0 unspecified atom stereocenters. The van der Waals surface area contributed by atoms with Gasteiger partial charge in [0, 0.05) is 35.7 Å². The maximum atomic E-state index is 5.85. The molecule has 0 bridgehead atoms. The summed E-state index contributed by atoms with van der Waals surface area (Å²) in [5.41, 5.74) is 2.89. The molecule has 3 rings (SSSR count). The zero-order valence-electron chi connectivity index (χ0n) is 13.0. The van der Waals surface area contributed by atoms with Crippen molar-refractivity contribution in [3.8, 4) is 11.3 Å². The van der Waals surface area contributed by atoms with E-state index in [1.54, 1.807) is 18.6 Å². The lowest BCUT2D eigenvalue weighted by molar-refractivity contribution is 0.130. The minimum Gasteiger partial charge on any atom is -0.375 e. The van der Waals surface area contributed by atoms with Crippen molar-refractivity contribution in [3.05, 3.63) is 71.6 Å². The van der Waals surface area contributed by atoms with Crippen LogP contribution in [0.15, 0.2) is 61.1 Å². The van der Waals surface area contributed by atoms with Gasteiger partial charge in [0.25, 0.3) is 0 Å². The summed E-state index contributed by atoms with van der Waals surface area (Å²) in [5, 5.41) is 3.89. The molecule has 0 saturated heterocycles. The zero-order valence-corrected chi connectivity index (χ0v) is 13.8. The number of ether oxygens (including phenoxy) is 1. The summed E-state index contributed by atoms with van der Waals surface area (Å²) < 4.78 is 5.63. The van der Waals surface area contributed by atoms with Crippen LogP contribution in [0.3, 0.4) is 0 Å². The van der Waals surface area contributed by atoms with Gasteiger partial charge in [-0.2, -0.15) is 0 Å². The standard InChI is InChI=1S/C18H17ClN4O/c19-16-5-3-14(4-6-16)13-24-11-10-22-18-21-9-7-17(23-18)15-2-1-8-20-12-15/h1-9,12H,10-11,13H2,(H,21,22,23). The number of nitrogens with one attached hydrogen (secondary N) is 1. The predicted octanol–water partition coefficient (Wildman–Crippen LogP) is 3.82. The Bertz CT molecular complexity index is 765. The summed E-state index contributed by atoms with van der Waals surface area (Å²) in [7, 11) is 0. The van der Waals surface area contributed by atoms with Crippen LogP contribution in [0.5, 0.6) is 0 Å². The molecule has 24 heavy (non-hydrogen) atoms. The molecular formula is C18H17ClN4O. The zero-order chi connectivity index (χ0) is 16.6. The molecule has 0 amide bonds. The number of aromatic nitrogens is 3. The van der Waals surface area contributed by atoms with Gasteiger partial charge >= 0.3 is 0 Å². The van der Waals surface area contributed by atoms with Crippen molar-refractivity contribution in [3.63, 3.8) is 0 Å². The van der Waals surface area contributed by atoms with Crippen LogP contribution in [-0.4, -0.2) is 28.1 Å². The smallest absolute Gasteiger partial charge is 0.223 e. The molecule has 3 aromatic rings. The summed E-state index contributed by atoms with van der Waals surface area (Å²) in [6.45, 7) is 1.74. The van der Waals surface area contributed by atoms with Gasteiger partial charge in [0.05, 0.1) is 18.9 Å².